The number of rotatable bonds is 3. The zero-order chi connectivity index (χ0) is 16.4. The second-order valence-electron chi connectivity index (χ2n) is 7.90. The van der Waals surface area contributed by atoms with Gasteiger partial charge in [-0.2, -0.15) is 0 Å². The molecule has 3 aliphatic rings. The lowest BCUT2D eigenvalue weighted by molar-refractivity contribution is 0.306. The highest BCUT2D eigenvalue weighted by Gasteiger charge is 2.39. The van der Waals surface area contributed by atoms with Crippen LogP contribution in [0.1, 0.15) is 46.5 Å². The molecular formula is C22H31N. The smallest absolute Gasteiger partial charge is 0.0262 e. The summed E-state index contributed by atoms with van der Waals surface area (Å²) in [6.07, 6.45) is 23.6. The second kappa shape index (κ2) is 6.65. The Kier molecular flexibility index (Phi) is 4.77. The molecule has 0 amide bonds. The molecule has 1 heteroatoms. The molecule has 0 saturated heterocycles. The standard InChI is InChI=1S/C22H31N/c1-16-4-8-18(9-5-16)22(3,19-10-6-17(2)7-11-19)20-12-14-21(23)15-13-20/h4,6,8-10,12-14,16-17,19,21H,5,7,11,15,23H2,1-3H3. The van der Waals surface area contributed by atoms with E-state index in [2.05, 4.69) is 69.4 Å². The van der Waals surface area contributed by atoms with Crippen molar-refractivity contribution >= 4 is 0 Å². The Morgan fingerprint density at radius 1 is 0.870 bits per heavy atom. The number of allylic oxidation sites excluding steroid dienone is 8. The summed E-state index contributed by atoms with van der Waals surface area (Å²) in [7, 11) is 0. The molecule has 0 aliphatic heterocycles. The zero-order valence-corrected chi connectivity index (χ0v) is 14.8. The van der Waals surface area contributed by atoms with E-state index in [-0.39, 0.29) is 11.5 Å². The van der Waals surface area contributed by atoms with Crippen LogP contribution in [-0.4, -0.2) is 6.04 Å². The average Bonchev–Trinajstić information content (AvgIpc) is 2.56. The van der Waals surface area contributed by atoms with Crippen molar-refractivity contribution in [3.05, 3.63) is 59.8 Å². The fraction of sp³-hybridized carbons (Fsp3) is 0.545. The zero-order valence-electron chi connectivity index (χ0n) is 14.8. The minimum atomic E-state index is 0.0733. The van der Waals surface area contributed by atoms with E-state index >= 15 is 0 Å². The normalized spacial score (nSPS) is 36.3. The average molecular weight is 309 g/mol. The van der Waals surface area contributed by atoms with Gasteiger partial charge in [-0.25, -0.2) is 0 Å². The summed E-state index contributed by atoms with van der Waals surface area (Å²) in [5.41, 5.74) is 9.08. The highest BCUT2D eigenvalue weighted by Crippen LogP contribution is 2.50. The SMILES string of the molecule is CC1C=CC(C(C)(C2=CCC(N)C=C2)C2C=CC(C)CC2)=CC1. The highest BCUT2D eigenvalue weighted by molar-refractivity contribution is 5.45. The Morgan fingerprint density at radius 2 is 1.57 bits per heavy atom. The maximum atomic E-state index is 6.06. The van der Waals surface area contributed by atoms with Crippen LogP contribution in [0.25, 0.3) is 0 Å². The molecule has 1 nitrogen and oxygen atoms in total. The first-order valence-corrected chi connectivity index (χ1v) is 9.21. The van der Waals surface area contributed by atoms with Gasteiger partial charge in [-0.3, -0.25) is 0 Å². The summed E-state index contributed by atoms with van der Waals surface area (Å²) < 4.78 is 0. The van der Waals surface area contributed by atoms with Crippen molar-refractivity contribution in [2.75, 3.05) is 0 Å². The molecule has 0 radical (unpaired) electrons. The molecule has 0 fully saturated rings. The van der Waals surface area contributed by atoms with Crippen LogP contribution < -0.4 is 5.73 Å². The third-order valence-electron chi connectivity index (χ3n) is 5.99. The Balaban J connectivity index is 1.98. The molecule has 5 unspecified atom stereocenters. The molecule has 0 spiro atoms. The van der Waals surface area contributed by atoms with Crippen LogP contribution in [0.5, 0.6) is 0 Å². The summed E-state index contributed by atoms with van der Waals surface area (Å²) in [5, 5.41) is 0. The van der Waals surface area contributed by atoms with Crippen LogP contribution in [-0.2, 0) is 0 Å². The summed E-state index contributed by atoms with van der Waals surface area (Å²) >= 11 is 0. The fourth-order valence-corrected chi connectivity index (χ4v) is 4.17. The topological polar surface area (TPSA) is 26.0 Å². The lowest BCUT2D eigenvalue weighted by Crippen LogP contribution is -2.33. The van der Waals surface area contributed by atoms with E-state index in [0.29, 0.717) is 11.8 Å². The van der Waals surface area contributed by atoms with Gasteiger partial charge in [0.1, 0.15) is 0 Å². The molecular weight excluding hydrogens is 278 g/mol. The van der Waals surface area contributed by atoms with Gasteiger partial charge in [0.2, 0.25) is 0 Å². The van der Waals surface area contributed by atoms with E-state index in [0.717, 1.165) is 18.8 Å². The molecule has 0 heterocycles. The van der Waals surface area contributed by atoms with Gasteiger partial charge < -0.3 is 5.73 Å². The van der Waals surface area contributed by atoms with Crippen LogP contribution in [0, 0.1) is 23.2 Å². The molecule has 3 aliphatic carbocycles. The highest BCUT2D eigenvalue weighted by atomic mass is 14.6. The maximum absolute atomic E-state index is 6.06. The molecule has 2 N–H and O–H groups in total. The summed E-state index contributed by atoms with van der Waals surface area (Å²) in [4.78, 5) is 0. The first-order valence-electron chi connectivity index (χ1n) is 9.21. The minimum absolute atomic E-state index is 0.0733. The second-order valence-corrected chi connectivity index (χ2v) is 7.90. The van der Waals surface area contributed by atoms with Gasteiger partial charge in [-0.1, -0.05) is 69.4 Å². The van der Waals surface area contributed by atoms with Crippen LogP contribution in [0.4, 0.5) is 0 Å². The molecule has 0 aromatic heterocycles. The van der Waals surface area contributed by atoms with Gasteiger partial charge in [0.05, 0.1) is 0 Å². The Labute approximate surface area is 141 Å². The van der Waals surface area contributed by atoms with Crippen molar-refractivity contribution in [1.82, 2.24) is 0 Å². The van der Waals surface area contributed by atoms with E-state index in [1.54, 1.807) is 0 Å². The van der Waals surface area contributed by atoms with E-state index in [9.17, 15) is 0 Å². The molecule has 23 heavy (non-hydrogen) atoms. The quantitative estimate of drug-likeness (QED) is 0.700. The van der Waals surface area contributed by atoms with Crippen molar-refractivity contribution in [2.24, 2.45) is 28.9 Å². The maximum Gasteiger partial charge on any atom is 0.0262 e. The Morgan fingerprint density at radius 3 is 2.09 bits per heavy atom. The monoisotopic (exact) mass is 309 g/mol. The molecule has 124 valence electrons. The summed E-state index contributed by atoms with van der Waals surface area (Å²) in [6.45, 7) is 7.06. The lowest BCUT2D eigenvalue weighted by Gasteiger charge is -2.43. The van der Waals surface area contributed by atoms with E-state index in [1.807, 2.05) is 0 Å². The van der Waals surface area contributed by atoms with Crippen molar-refractivity contribution in [1.29, 1.82) is 0 Å². The van der Waals surface area contributed by atoms with Crippen LogP contribution in [0.2, 0.25) is 0 Å². The van der Waals surface area contributed by atoms with Crippen LogP contribution >= 0.6 is 0 Å². The molecule has 3 rings (SSSR count). The van der Waals surface area contributed by atoms with Crippen molar-refractivity contribution in [2.45, 2.75) is 52.5 Å². The Hall–Kier alpha value is -1.34. The van der Waals surface area contributed by atoms with Gasteiger partial charge in [0, 0.05) is 11.5 Å². The van der Waals surface area contributed by atoms with Gasteiger partial charge in [-0.05, 0) is 54.6 Å². The molecule has 0 aromatic carbocycles. The van der Waals surface area contributed by atoms with E-state index in [1.165, 1.54) is 24.0 Å². The van der Waals surface area contributed by atoms with E-state index in [4.69, 9.17) is 5.73 Å². The number of nitrogens with two attached hydrogens (primary N) is 1. The number of hydrogen-bond donors (Lipinski definition) is 1. The van der Waals surface area contributed by atoms with Gasteiger partial charge >= 0.3 is 0 Å². The summed E-state index contributed by atoms with van der Waals surface area (Å²) in [5.74, 6) is 1.96. The first kappa shape index (κ1) is 16.5. The lowest BCUT2D eigenvalue weighted by atomic mass is 9.61. The van der Waals surface area contributed by atoms with Gasteiger partial charge in [-0.15, -0.1) is 0 Å². The van der Waals surface area contributed by atoms with Crippen molar-refractivity contribution in [3.8, 4) is 0 Å². The van der Waals surface area contributed by atoms with Gasteiger partial charge in [0.15, 0.2) is 0 Å². The third-order valence-corrected chi connectivity index (χ3v) is 5.99. The molecule has 5 atom stereocenters. The summed E-state index contributed by atoms with van der Waals surface area (Å²) in [6, 6.07) is 0.181. The van der Waals surface area contributed by atoms with Crippen LogP contribution in [0.15, 0.2) is 59.8 Å². The van der Waals surface area contributed by atoms with Crippen molar-refractivity contribution in [3.63, 3.8) is 0 Å². The first-order chi connectivity index (χ1) is 11.0. The van der Waals surface area contributed by atoms with Crippen molar-refractivity contribution < 1.29 is 0 Å². The van der Waals surface area contributed by atoms with E-state index < -0.39 is 0 Å². The molecule has 0 bridgehead atoms. The molecule has 0 saturated carbocycles. The third kappa shape index (κ3) is 3.30. The van der Waals surface area contributed by atoms with Gasteiger partial charge in [0.25, 0.3) is 0 Å². The fourth-order valence-electron chi connectivity index (χ4n) is 4.17. The Bertz CT molecular complexity index is 551. The molecule has 0 aromatic rings. The largest absolute Gasteiger partial charge is 0.324 e. The minimum Gasteiger partial charge on any atom is -0.324 e. The number of hydrogen-bond acceptors (Lipinski definition) is 1. The predicted octanol–water partition coefficient (Wildman–Crippen LogP) is 5.33. The predicted molar refractivity (Wildman–Crippen MR) is 100.0 cm³/mol. The van der Waals surface area contributed by atoms with Crippen LogP contribution in [0.3, 0.4) is 0 Å².